The van der Waals surface area contributed by atoms with E-state index in [4.69, 9.17) is 23.2 Å². The van der Waals surface area contributed by atoms with Crippen LogP contribution >= 0.6 is 34.5 Å². The first-order valence-corrected chi connectivity index (χ1v) is 9.01. The SMILES string of the molecule is CCCNC(c1cc(Cl)sc1Cl)C1Cc2ccccc2C1. The van der Waals surface area contributed by atoms with E-state index in [0.717, 1.165) is 40.0 Å². The van der Waals surface area contributed by atoms with Crippen molar-refractivity contribution in [3.8, 4) is 0 Å². The molecule has 21 heavy (non-hydrogen) atoms. The number of thiophene rings is 1. The van der Waals surface area contributed by atoms with Crippen LogP contribution in [0.2, 0.25) is 8.67 Å². The topological polar surface area (TPSA) is 12.0 Å². The summed E-state index contributed by atoms with van der Waals surface area (Å²) in [6.07, 6.45) is 3.34. The fourth-order valence-electron chi connectivity index (χ4n) is 3.22. The van der Waals surface area contributed by atoms with Gasteiger partial charge in [-0.2, -0.15) is 0 Å². The second-order valence-corrected chi connectivity index (χ2v) is 7.93. The van der Waals surface area contributed by atoms with Crippen molar-refractivity contribution in [2.75, 3.05) is 6.54 Å². The van der Waals surface area contributed by atoms with Crippen molar-refractivity contribution in [2.24, 2.45) is 5.92 Å². The van der Waals surface area contributed by atoms with Gasteiger partial charge in [0.1, 0.15) is 0 Å². The molecule has 0 aliphatic heterocycles. The Hall–Kier alpha value is -0.540. The van der Waals surface area contributed by atoms with Crippen LogP contribution in [-0.4, -0.2) is 6.54 Å². The van der Waals surface area contributed by atoms with Crippen molar-refractivity contribution in [3.05, 3.63) is 55.7 Å². The Morgan fingerprint density at radius 3 is 2.43 bits per heavy atom. The van der Waals surface area contributed by atoms with Crippen LogP contribution in [0.4, 0.5) is 0 Å². The van der Waals surface area contributed by atoms with Gasteiger partial charge >= 0.3 is 0 Å². The number of halogens is 2. The average Bonchev–Trinajstić information content (AvgIpc) is 3.03. The number of hydrogen-bond acceptors (Lipinski definition) is 2. The van der Waals surface area contributed by atoms with E-state index in [0.29, 0.717) is 5.92 Å². The predicted molar refractivity (Wildman–Crippen MR) is 92.7 cm³/mol. The van der Waals surface area contributed by atoms with Crippen LogP contribution in [0.5, 0.6) is 0 Å². The molecule has 1 aromatic heterocycles. The van der Waals surface area contributed by atoms with Crippen molar-refractivity contribution in [1.82, 2.24) is 5.32 Å². The van der Waals surface area contributed by atoms with Gasteiger partial charge < -0.3 is 5.32 Å². The number of nitrogens with one attached hydrogen (secondary N) is 1. The largest absolute Gasteiger partial charge is 0.310 e. The maximum atomic E-state index is 6.40. The highest BCUT2D eigenvalue weighted by Crippen LogP contribution is 2.41. The Kier molecular flexibility index (Phi) is 4.90. The van der Waals surface area contributed by atoms with Gasteiger partial charge in [-0.1, -0.05) is 54.4 Å². The molecule has 1 nitrogen and oxygen atoms in total. The van der Waals surface area contributed by atoms with Crippen LogP contribution in [0.15, 0.2) is 30.3 Å². The quantitative estimate of drug-likeness (QED) is 0.757. The highest BCUT2D eigenvalue weighted by atomic mass is 35.5. The molecule has 1 atom stereocenters. The summed E-state index contributed by atoms with van der Waals surface area (Å²) >= 11 is 14.0. The Balaban J connectivity index is 1.86. The van der Waals surface area contributed by atoms with Gasteiger partial charge in [0.15, 0.2) is 0 Å². The first kappa shape index (κ1) is 15.4. The molecule has 0 bridgehead atoms. The summed E-state index contributed by atoms with van der Waals surface area (Å²) in [5.41, 5.74) is 4.12. The molecule has 3 rings (SSSR count). The first-order valence-electron chi connectivity index (χ1n) is 7.44. The molecule has 2 aromatic rings. The lowest BCUT2D eigenvalue weighted by Crippen LogP contribution is -2.29. The molecule has 0 spiro atoms. The van der Waals surface area contributed by atoms with Crippen molar-refractivity contribution in [3.63, 3.8) is 0 Å². The Bertz CT molecular complexity index is 598. The van der Waals surface area contributed by atoms with Gasteiger partial charge in [0.2, 0.25) is 0 Å². The number of benzene rings is 1. The normalized spacial score (nSPS) is 16.1. The van der Waals surface area contributed by atoms with E-state index in [2.05, 4.69) is 36.5 Å². The van der Waals surface area contributed by atoms with E-state index < -0.39 is 0 Å². The van der Waals surface area contributed by atoms with E-state index >= 15 is 0 Å². The lowest BCUT2D eigenvalue weighted by atomic mass is 9.92. The average molecular weight is 340 g/mol. The van der Waals surface area contributed by atoms with Crippen molar-refractivity contribution in [1.29, 1.82) is 0 Å². The summed E-state index contributed by atoms with van der Waals surface area (Å²) in [6, 6.07) is 11.1. The molecule has 1 N–H and O–H groups in total. The molecule has 1 aliphatic rings. The minimum absolute atomic E-state index is 0.286. The maximum absolute atomic E-state index is 6.40. The van der Waals surface area contributed by atoms with E-state index in [1.165, 1.54) is 22.5 Å². The van der Waals surface area contributed by atoms with E-state index in [-0.39, 0.29) is 6.04 Å². The van der Waals surface area contributed by atoms with Crippen LogP contribution in [0.3, 0.4) is 0 Å². The molecule has 0 radical (unpaired) electrons. The molecule has 1 aliphatic carbocycles. The zero-order valence-electron chi connectivity index (χ0n) is 12.0. The summed E-state index contributed by atoms with van der Waals surface area (Å²) in [4.78, 5) is 0. The van der Waals surface area contributed by atoms with Crippen LogP contribution in [0.25, 0.3) is 0 Å². The summed E-state index contributed by atoms with van der Waals surface area (Å²) < 4.78 is 1.60. The minimum atomic E-state index is 0.286. The molecular formula is C17H19Cl2NS. The molecule has 4 heteroatoms. The van der Waals surface area contributed by atoms with Gasteiger partial charge in [0.25, 0.3) is 0 Å². The molecule has 1 aromatic carbocycles. The third-order valence-corrected chi connectivity index (χ3v) is 5.70. The van der Waals surface area contributed by atoms with Gasteiger partial charge in [-0.05, 0) is 48.9 Å². The standard InChI is InChI=1S/C17H19Cl2NS/c1-2-7-20-16(14-10-15(18)21-17(14)19)13-8-11-5-3-4-6-12(11)9-13/h3-6,10,13,16,20H,2,7-9H2,1H3. The van der Waals surface area contributed by atoms with Crippen LogP contribution in [0, 0.1) is 5.92 Å². The highest BCUT2D eigenvalue weighted by Gasteiger charge is 2.31. The van der Waals surface area contributed by atoms with E-state index in [1.54, 1.807) is 0 Å². The highest BCUT2D eigenvalue weighted by molar-refractivity contribution is 7.20. The number of fused-ring (bicyclic) bond motifs is 1. The van der Waals surface area contributed by atoms with E-state index in [1.807, 2.05) is 6.07 Å². The maximum Gasteiger partial charge on any atom is 0.0992 e. The lowest BCUT2D eigenvalue weighted by molar-refractivity contribution is 0.375. The van der Waals surface area contributed by atoms with Crippen LogP contribution in [-0.2, 0) is 12.8 Å². The van der Waals surface area contributed by atoms with Gasteiger partial charge in [0, 0.05) is 11.6 Å². The lowest BCUT2D eigenvalue weighted by Gasteiger charge is -2.24. The molecule has 112 valence electrons. The number of hydrogen-bond donors (Lipinski definition) is 1. The fourth-order valence-corrected chi connectivity index (χ4v) is 4.77. The molecule has 0 saturated heterocycles. The van der Waals surface area contributed by atoms with Crippen molar-refractivity contribution in [2.45, 2.75) is 32.2 Å². The third kappa shape index (κ3) is 3.29. The van der Waals surface area contributed by atoms with Crippen molar-refractivity contribution < 1.29 is 0 Å². The third-order valence-electron chi connectivity index (χ3n) is 4.19. The smallest absolute Gasteiger partial charge is 0.0992 e. The van der Waals surface area contributed by atoms with Crippen LogP contribution < -0.4 is 5.32 Å². The molecule has 0 saturated carbocycles. The first-order chi connectivity index (χ1) is 10.2. The Morgan fingerprint density at radius 1 is 1.24 bits per heavy atom. The molecule has 0 fully saturated rings. The van der Waals surface area contributed by atoms with Gasteiger partial charge in [-0.3, -0.25) is 0 Å². The minimum Gasteiger partial charge on any atom is -0.310 e. The fraction of sp³-hybridized carbons (Fsp3) is 0.412. The second kappa shape index (κ2) is 6.70. The zero-order valence-corrected chi connectivity index (χ0v) is 14.4. The van der Waals surface area contributed by atoms with Gasteiger partial charge in [0.05, 0.1) is 8.67 Å². The monoisotopic (exact) mass is 339 g/mol. The van der Waals surface area contributed by atoms with Gasteiger partial charge in [-0.25, -0.2) is 0 Å². The molecule has 0 amide bonds. The van der Waals surface area contributed by atoms with Gasteiger partial charge in [-0.15, -0.1) is 11.3 Å². The summed E-state index contributed by atoms with van der Waals surface area (Å²) in [5, 5.41) is 3.68. The predicted octanol–water partition coefficient (Wildman–Crippen LogP) is 5.51. The molecule has 1 unspecified atom stereocenters. The Labute approximate surface area is 140 Å². The molecule has 1 heterocycles. The molecular weight excluding hydrogens is 321 g/mol. The van der Waals surface area contributed by atoms with Crippen LogP contribution in [0.1, 0.15) is 36.1 Å². The summed E-state index contributed by atoms with van der Waals surface area (Å²) in [7, 11) is 0. The van der Waals surface area contributed by atoms with Crippen molar-refractivity contribution >= 4 is 34.5 Å². The van der Waals surface area contributed by atoms with E-state index in [9.17, 15) is 0 Å². The number of rotatable bonds is 5. The summed E-state index contributed by atoms with van der Waals surface area (Å²) in [6.45, 7) is 3.19. The Morgan fingerprint density at radius 2 is 1.90 bits per heavy atom. The zero-order chi connectivity index (χ0) is 14.8. The summed E-state index contributed by atoms with van der Waals surface area (Å²) in [5.74, 6) is 0.553. The second-order valence-electron chi connectivity index (χ2n) is 5.65.